The average molecular weight is 587 g/mol. The first-order valence-electron chi connectivity index (χ1n) is 12.6. The molecule has 13 heteroatoms. The first kappa shape index (κ1) is 32.7. The lowest BCUT2D eigenvalue weighted by Gasteiger charge is -2.38. The van der Waals surface area contributed by atoms with E-state index >= 15 is 0 Å². The normalized spacial score (nSPS) is 13.3. The van der Waals surface area contributed by atoms with Gasteiger partial charge in [-0.1, -0.05) is 11.6 Å². The second kappa shape index (κ2) is 14.7. The summed E-state index contributed by atoms with van der Waals surface area (Å²) in [4.78, 5) is 40.4. The number of rotatable bonds is 10. The van der Waals surface area contributed by atoms with Gasteiger partial charge in [-0.05, 0) is 70.4 Å². The van der Waals surface area contributed by atoms with Crippen LogP contribution in [-0.2, 0) is 9.59 Å². The van der Waals surface area contributed by atoms with Gasteiger partial charge >= 0.3 is 12.1 Å². The molecule has 40 heavy (non-hydrogen) atoms. The Bertz CT molecular complexity index is 1140. The van der Waals surface area contributed by atoms with Crippen molar-refractivity contribution in [2.45, 2.75) is 64.2 Å². The SMILES string of the molecule is CC(C)(C)NC(=O)CCN(C(=O)c1cc(Cl)cc(OCCNc2ccncc2)c1)C1CCC1.O=C(O)C(F)(F)F. The zero-order valence-electron chi connectivity index (χ0n) is 22.6. The van der Waals surface area contributed by atoms with Crippen molar-refractivity contribution in [3.8, 4) is 5.75 Å². The summed E-state index contributed by atoms with van der Waals surface area (Å²) in [6.07, 6.45) is 1.63. The van der Waals surface area contributed by atoms with E-state index < -0.39 is 12.1 Å². The Morgan fingerprint density at radius 2 is 1.75 bits per heavy atom. The maximum Gasteiger partial charge on any atom is 0.490 e. The second-order valence-corrected chi connectivity index (χ2v) is 10.6. The Labute approximate surface area is 236 Å². The molecule has 1 fully saturated rings. The number of hydrogen-bond donors (Lipinski definition) is 3. The first-order chi connectivity index (χ1) is 18.7. The number of alkyl halides is 3. The zero-order chi connectivity index (χ0) is 29.9. The topological polar surface area (TPSA) is 121 Å². The van der Waals surface area contributed by atoms with Gasteiger partial charge < -0.3 is 25.4 Å². The number of carboxylic acids is 1. The number of pyridine rings is 1. The number of nitrogens with zero attached hydrogens (tertiary/aromatic N) is 2. The molecule has 1 saturated carbocycles. The van der Waals surface area contributed by atoms with Crippen molar-refractivity contribution < 1.29 is 37.4 Å². The molecule has 0 radical (unpaired) electrons. The number of benzene rings is 1. The van der Waals surface area contributed by atoms with Crippen LogP contribution in [0.25, 0.3) is 0 Å². The second-order valence-electron chi connectivity index (χ2n) is 10.1. The monoisotopic (exact) mass is 586 g/mol. The van der Waals surface area contributed by atoms with Crippen molar-refractivity contribution in [2.24, 2.45) is 0 Å². The Kier molecular flexibility index (Phi) is 12.0. The molecule has 0 spiro atoms. The highest BCUT2D eigenvalue weighted by Gasteiger charge is 2.38. The van der Waals surface area contributed by atoms with Gasteiger partial charge in [-0.3, -0.25) is 14.6 Å². The minimum Gasteiger partial charge on any atom is -0.492 e. The molecule has 0 saturated heterocycles. The number of aromatic nitrogens is 1. The molecule has 1 aliphatic rings. The van der Waals surface area contributed by atoms with Crippen molar-refractivity contribution in [3.63, 3.8) is 0 Å². The molecule has 0 aliphatic heterocycles. The molecule has 0 unspecified atom stereocenters. The summed E-state index contributed by atoms with van der Waals surface area (Å²) >= 11 is 6.30. The van der Waals surface area contributed by atoms with E-state index in [-0.39, 0.29) is 29.8 Å². The number of aliphatic carboxylic acids is 1. The molecular weight excluding hydrogens is 553 g/mol. The molecule has 220 valence electrons. The van der Waals surface area contributed by atoms with E-state index in [1.54, 1.807) is 30.6 Å². The highest BCUT2D eigenvalue weighted by molar-refractivity contribution is 6.31. The fourth-order valence-electron chi connectivity index (χ4n) is 3.62. The van der Waals surface area contributed by atoms with Crippen molar-refractivity contribution in [1.82, 2.24) is 15.2 Å². The van der Waals surface area contributed by atoms with E-state index in [4.69, 9.17) is 26.2 Å². The van der Waals surface area contributed by atoms with Gasteiger partial charge in [0.05, 0.1) is 0 Å². The van der Waals surface area contributed by atoms with E-state index in [2.05, 4.69) is 15.6 Å². The summed E-state index contributed by atoms with van der Waals surface area (Å²) in [5, 5.41) is 13.8. The molecule has 9 nitrogen and oxygen atoms in total. The molecule has 2 aromatic rings. The van der Waals surface area contributed by atoms with Gasteiger partial charge in [0.15, 0.2) is 0 Å². The van der Waals surface area contributed by atoms with E-state index in [0.717, 1.165) is 24.9 Å². The fraction of sp³-hybridized carbons (Fsp3) is 0.481. The number of ether oxygens (including phenoxy) is 1. The predicted molar refractivity (Wildman–Crippen MR) is 145 cm³/mol. The molecule has 3 N–H and O–H groups in total. The van der Waals surface area contributed by atoms with Gasteiger partial charge in [0.1, 0.15) is 12.4 Å². The summed E-state index contributed by atoms with van der Waals surface area (Å²) in [6.45, 7) is 7.22. The largest absolute Gasteiger partial charge is 0.492 e. The standard InChI is InChI=1S/C25H33ClN4O3.C2HF3O2/c1-25(2,3)29-23(31)9-13-30(21-5-4-6-21)24(32)18-15-19(26)17-22(16-18)33-14-12-28-20-7-10-27-11-8-20;3-2(4,5)1(6)7/h7-8,10-11,15-17,21H,4-6,9,12-14H2,1-3H3,(H,27,28)(H,29,31);(H,6,7). The lowest BCUT2D eigenvalue weighted by Crippen LogP contribution is -2.47. The van der Waals surface area contributed by atoms with Gasteiger partial charge in [0.2, 0.25) is 5.91 Å². The van der Waals surface area contributed by atoms with Crippen LogP contribution in [0.15, 0.2) is 42.7 Å². The molecule has 2 amide bonds. The Hall–Kier alpha value is -3.54. The van der Waals surface area contributed by atoms with Crippen molar-refractivity contribution in [2.75, 3.05) is 25.0 Å². The van der Waals surface area contributed by atoms with Gasteiger partial charge in [-0.15, -0.1) is 0 Å². The first-order valence-corrected chi connectivity index (χ1v) is 13.0. The number of carboxylic acid groups (broad SMARTS) is 1. The van der Waals surface area contributed by atoms with Crippen LogP contribution in [-0.4, -0.2) is 70.2 Å². The minimum absolute atomic E-state index is 0.0589. The number of anilines is 1. The predicted octanol–water partition coefficient (Wildman–Crippen LogP) is 5.16. The van der Waals surface area contributed by atoms with Gasteiger partial charge in [-0.25, -0.2) is 4.79 Å². The van der Waals surface area contributed by atoms with Gasteiger partial charge in [0, 0.05) is 59.8 Å². The van der Waals surface area contributed by atoms with Crippen LogP contribution < -0.4 is 15.4 Å². The van der Waals surface area contributed by atoms with E-state index in [0.29, 0.717) is 36.0 Å². The minimum atomic E-state index is -5.08. The maximum atomic E-state index is 13.4. The number of nitrogens with one attached hydrogen (secondary N) is 2. The number of hydrogen-bond acceptors (Lipinski definition) is 6. The Morgan fingerprint density at radius 3 is 2.27 bits per heavy atom. The van der Waals surface area contributed by atoms with Crippen molar-refractivity contribution >= 4 is 35.1 Å². The fourth-order valence-corrected chi connectivity index (χ4v) is 3.85. The average Bonchev–Trinajstić information content (AvgIpc) is 2.82. The van der Waals surface area contributed by atoms with Gasteiger partial charge in [0.25, 0.3) is 5.91 Å². The maximum absolute atomic E-state index is 13.4. The summed E-state index contributed by atoms with van der Waals surface area (Å²) in [7, 11) is 0. The lowest BCUT2D eigenvalue weighted by molar-refractivity contribution is -0.192. The van der Waals surface area contributed by atoms with Crippen molar-refractivity contribution in [3.05, 3.63) is 53.3 Å². The molecule has 0 atom stereocenters. The van der Waals surface area contributed by atoms with Crippen LogP contribution in [0, 0.1) is 0 Å². The quantitative estimate of drug-likeness (QED) is 0.329. The van der Waals surface area contributed by atoms with Crippen LogP contribution in [0.4, 0.5) is 18.9 Å². The lowest BCUT2D eigenvalue weighted by atomic mass is 9.90. The molecule has 1 aromatic heterocycles. The van der Waals surface area contributed by atoms with Gasteiger partial charge in [-0.2, -0.15) is 13.2 Å². The summed E-state index contributed by atoms with van der Waals surface area (Å²) in [6, 6.07) is 9.01. The molecular formula is C27H34ClF3N4O5. The number of carbonyl (C=O) groups is 3. The molecule has 1 aromatic carbocycles. The van der Waals surface area contributed by atoms with Crippen LogP contribution in [0.3, 0.4) is 0 Å². The zero-order valence-corrected chi connectivity index (χ0v) is 23.3. The third-order valence-electron chi connectivity index (χ3n) is 5.61. The van der Waals surface area contributed by atoms with Crippen LogP contribution in [0.5, 0.6) is 5.75 Å². The summed E-state index contributed by atoms with van der Waals surface area (Å²) < 4.78 is 37.6. The van der Waals surface area contributed by atoms with E-state index in [1.165, 1.54) is 0 Å². The summed E-state index contributed by atoms with van der Waals surface area (Å²) in [5.41, 5.74) is 1.14. The smallest absolute Gasteiger partial charge is 0.490 e. The molecule has 0 bridgehead atoms. The molecule has 1 aliphatic carbocycles. The third-order valence-corrected chi connectivity index (χ3v) is 5.83. The van der Waals surface area contributed by atoms with Crippen LogP contribution in [0.2, 0.25) is 5.02 Å². The highest BCUT2D eigenvalue weighted by atomic mass is 35.5. The number of amides is 2. The van der Waals surface area contributed by atoms with Crippen LogP contribution >= 0.6 is 11.6 Å². The molecule has 3 rings (SSSR count). The number of halogens is 4. The van der Waals surface area contributed by atoms with Crippen molar-refractivity contribution in [1.29, 1.82) is 0 Å². The number of carbonyl (C=O) groups excluding carboxylic acids is 2. The third kappa shape index (κ3) is 11.7. The van der Waals surface area contributed by atoms with E-state index in [9.17, 15) is 22.8 Å². The summed E-state index contributed by atoms with van der Waals surface area (Å²) in [5.74, 6) is -2.39. The Morgan fingerprint density at radius 1 is 1.12 bits per heavy atom. The van der Waals surface area contributed by atoms with E-state index in [1.807, 2.05) is 37.8 Å². The molecule has 1 heterocycles. The Balaban J connectivity index is 0.000000708. The highest BCUT2D eigenvalue weighted by Crippen LogP contribution is 2.28. The van der Waals surface area contributed by atoms with Crippen LogP contribution in [0.1, 0.15) is 56.8 Å².